The predicted octanol–water partition coefficient (Wildman–Crippen LogP) is 1.96. The maximum atomic E-state index is 12.7. The van der Waals surface area contributed by atoms with E-state index >= 15 is 0 Å². The summed E-state index contributed by atoms with van der Waals surface area (Å²) in [7, 11) is 3.14. The van der Waals surface area contributed by atoms with E-state index in [1.165, 1.54) is 0 Å². The van der Waals surface area contributed by atoms with E-state index in [1.807, 2.05) is 0 Å². The van der Waals surface area contributed by atoms with Crippen molar-refractivity contribution < 1.29 is 24.2 Å². The molecule has 0 unspecified atom stereocenters. The average Bonchev–Trinajstić information content (AvgIpc) is 3.13. The summed E-state index contributed by atoms with van der Waals surface area (Å²) < 4.78 is 10.5. The first-order valence-corrected chi connectivity index (χ1v) is 8.22. The largest absolute Gasteiger partial charge is 0.497 e. The van der Waals surface area contributed by atoms with Crippen LogP contribution < -0.4 is 9.47 Å². The molecule has 1 saturated carbocycles. The van der Waals surface area contributed by atoms with Crippen LogP contribution in [-0.2, 0) is 16.0 Å². The van der Waals surface area contributed by atoms with Gasteiger partial charge >= 0.3 is 5.97 Å². The lowest BCUT2D eigenvalue weighted by molar-refractivity contribution is -0.149. The van der Waals surface area contributed by atoms with Crippen LogP contribution in [-0.4, -0.2) is 49.2 Å². The number of amides is 1. The lowest BCUT2D eigenvalue weighted by Gasteiger charge is -2.23. The molecule has 0 aromatic heterocycles. The highest BCUT2D eigenvalue weighted by Gasteiger charge is 2.55. The molecule has 1 aliphatic carbocycles. The standard InChI is InChI=1S/C18H23NO5/c1-23-14-5-6-15(24-2)12(8-14)9-16(20)19-10-13-4-3-7-18(13,11-19)17(21)22/h5-6,8,13H,3-4,7,9-11H2,1-2H3,(H,21,22)/t13-,18+/m0/s1. The fraction of sp³-hybridized carbons (Fsp3) is 0.556. The van der Waals surface area contributed by atoms with Crippen molar-refractivity contribution in [3.8, 4) is 11.5 Å². The zero-order valence-corrected chi connectivity index (χ0v) is 14.1. The molecule has 130 valence electrons. The number of hydrogen-bond acceptors (Lipinski definition) is 4. The second kappa shape index (κ2) is 6.34. The third kappa shape index (κ3) is 2.70. The average molecular weight is 333 g/mol. The molecule has 1 aromatic rings. The van der Waals surface area contributed by atoms with E-state index in [1.54, 1.807) is 37.3 Å². The van der Waals surface area contributed by atoms with Crippen LogP contribution in [0.2, 0.25) is 0 Å². The van der Waals surface area contributed by atoms with E-state index < -0.39 is 11.4 Å². The molecule has 6 nitrogen and oxygen atoms in total. The number of nitrogens with zero attached hydrogens (tertiary/aromatic N) is 1. The molecule has 6 heteroatoms. The number of ether oxygens (including phenoxy) is 2. The lowest BCUT2D eigenvalue weighted by Crippen LogP contribution is -2.37. The van der Waals surface area contributed by atoms with Gasteiger partial charge in [-0.1, -0.05) is 6.42 Å². The number of benzene rings is 1. The summed E-state index contributed by atoms with van der Waals surface area (Å²) in [6.45, 7) is 0.857. The molecule has 2 aliphatic rings. The van der Waals surface area contributed by atoms with Crippen molar-refractivity contribution >= 4 is 11.9 Å². The van der Waals surface area contributed by atoms with E-state index in [4.69, 9.17) is 9.47 Å². The van der Waals surface area contributed by atoms with E-state index in [0.717, 1.165) is 18.4 Å². The predicted molar refractivity (Wildman–Crippen MR) is 87.2 cm³/mol. The number of carbonyl (C=O) groups excluding carboxylic acids is 1. The fourth-order valence-electron chi connectivity index (χ4n) is 4.12. The zero-order chi connectivity index (χ0) is 17.3. The number of rotatable bonds is 5. The van der Waals surface area contributed by atoms with E-state index in [2.05, 4.69) is 0 Å². The summed E-state index contributed by atoms with van der Waals surface area (Å²) in [5, 5.41) is 9.64. The van der Waals surface area contributed by atoms with Crippen LogP contribution in [0.1, 0.15) is 24.8 Å². The Morgan fingerprint density at radius 3 is 2.75 bits per heavy atom. The minimum atomic E-state index is -0.765. The van der Waals surface area contributed by atoms with Gasteiger partial charge in [-0.3, -0.25) is 9.59 Å². The van der Waals surface area contributed by atoms with Gasteiger partial charge in [0.2, 0.25) is 5.91 Å². The highest BCUT2D eigenvalue weighted by molar-refractivity contribution is 5.83. The van der Waals surface area contributed by atoms with Gasteiger partial charge in [-0.2, -0.15) is 0 Å². The molecule has 1 aromatic carbocycles. The van der Waals surface area contributed by atoms with Gasteiger partial charge in [0.1, 0.15) is 11.5 Å². The van der Waals surface area contributed by atoms with Gasteiger partial charge in [-0.15, -0.1) is 0 Å². The van der Waals surface area contributed by atoms with Gasteiger partial charge in [0.25, 0.3) is 0 Å². The number of likely N-dealkylation sites (tertiary alicyclic amines) is 1. The maximum absolute atomic E-state index is 12.7. The summed E-state index contributed by atoms with van der Waals surface area (Å²) in [5.41, 5.74) is 0.0111. The highest BCUT2D eigenvalue weighted by atomic mass is 16.5. The van der Waals surface area contributed by atoms with Crippen molar-refractivity contribution in [2.45, 2.75) is 25.7 Å². The number of fused-ring (bicyclic) bond motifs is 1. The number of aliphatic carboxylic acids is 1. The molecule has 0 radical (unpaired) electrons. The zero-order valence-electron chi connectivity index (χ0n) is 14.1. The molecule has 1 saturated heterocycles. The van der Waals surface area contributed by atoms with Crippen LogP contribution in [0.15, 0.2) is 18.2 Å². The third-order valence-electron chi connectivity index (χ3n) is 5.48. The quantitative estimate of drug-likeness (QED) is 0.891. The van der Waals surface area contributed by atoms with Crippen LogP contribution in [0.4, 0.5) is 0 Å². The van der Waals surface area contributed by atoms with E-state index in [-0.39, 0.29) is 18.2 Å². The Labute approximate surface area is 141 Å². The second-order valence-electron chi connectivity index (χ2n) is 6.68. The molecule has 2 fully saturated rings. The van der Waals surface area contributed by atoms with Gasteiger partial charge < -0.3 is 19.5 Å². The minimum Gasteiger partial charge on any atom is -0.497 e. The normalized spacial score (nSPS) is 25.4. The Balaban J connectivity index is 1.76. The van der Waals surface area contributed by atoms with E-state index in [0.29, 0.717) is 31.0 Å². The number of carbonyl (C=O) groups is 2. The highest BCUT2D eigenvalue weighted by Crippen LogP contribution is 2.49. The summed E-state index contributed by atoms with van der Waals surface area (Å²) in [5.74, 6) is 0.553. The number of carboxylic acid groups (broad SMARTS) is 1. The van der Waals surface area contributed by atoms with Crippen molar-refractivity contribution in [2.24, 2.45) is 11.3 Å². The lowest BCUT2D eigenvalue weighted by atomic mass is 9.81. The van der Waals surface area contributed by atoms with Crippen molar-refractivity contribution in [3.63, 3.8) is 0 Å². The first-order valence-electron chi connectivity index (χ1n) is 8.22. The van der Waals surface area contributed by atoms with Crippen molar-refractivity contribution in [1.29, 1.82) is 0 Å². The molecule has 0 spiro atoms. The van der Waals surface area contributed by atoms with E-state index in [9.17, 15) is 14.7 Å². The van der Waals surface area contributed by atoms with Crippen molar-refractivity contribution in [3.05, 3.63) is 23.8 Å². The summed E-state index contributed by atoms with van der Waals surface area (Å²) >= 11 is 0. The Hall–Kier alpha value is -2.24. The fourth-order valence-corrected chi connectivity index (χ4v) is 4.12. The molecule has 1 heterocycles. The monoisotopic (exact) mass is 333 g/mol. The molecule has 0 bridgehead atoms. The molecule has 1 N–H and O–H groups in total. The number of carboxylic acids is 1. The Kier molecular flexibility index (Phi) is 4.39. The topological polar surface area (TPSA) is 76.1 Å². The molecular formula is C18H23NO5. The minimum absolute atomic E-state index is 0.0587. The Morgan fingerprint density at radius 1 is 1.33 bits per heavy atom. The van der Waals surface area contributed by atoms with Gasteiger partial charge in [-0.05, 0) is 37.0 Å². The molecule has 2 atom stereocenters. The van der Waals surface area contributed by atoms with Crippen molar-refractivity contribution in [1.82, 2.24) is 4.90 Å². The molecular weight excluding hydrogens is 310 g/mol. The molecule has 1 amide bonds. The smallest absolute Gasteiger partial charge is 0.311 e. The SMILES string of the molecule is COc1ccc(OC)c(CC(=O)N2C[C@@H]3CCC[C@@]3(C(=O)O)C2)c1. The number of hydrogen-bond donors (Lipinski definition) is 1. The van der Waals surface area contributed by atoms with Crippen LogP contribution in [0.3, 0.4) is 0 Å². The second-order valence-corrected chi connectivity index (χ2v) is 6.68. The van der Waals surface area contributed by atoms with Crippen LogP contribution in [0, 0.1) is 11.3 Å². The molecule has 1 aliphatic heterocycles. The van der Waals surface area contributed by atoms with Crippen molar-refractivity contribution in [2.75, 3.05) is 27.3 Å². The van der Waals surface area contributed by atoms with Gasteiger partial charge in [0.15, 0.2) is 0 Å². The van der Waals surface area contributed by atoms with Gasteiger partial charge in [0.05, 0.1) is 26.1 Å². The van der Waals surface area contributed by atoms with Crippen LogP contribution in [0.25, 0.3) is 0 Å². The summed E-state index contributed by atoms with van der Waals surface area (Å²) in [6, 6.07) is 5.35. The molecule has 24 heavy (non-hydrogen) atoms. The number of methoxy groups -OCH3 is 2. The summed E-state index contributed by atoms with van der Waals surface area (Å²) in [4.78, 5) is 26.2. The van der Waals surface area contributed by atoms with Crippen LogP contribution in [0.5, 0.6) is 11.5 Å². The Morgan fingerprint density at radius 2 is 2.12 bits per heavy atom. The molecule has 3 rings (SSSR count). The summed E-state index contributed by atoms with van der Waals surface area (Å²) in [6.07, 6.45) is 2.67. The maximum Gasteiger partial charge on any atom is 0.311 e. The first-order chi connectivity index (χ1) is 11.5. The van der Waals surface area contributed by atoms with Gasteiger partial charge in [0, 0.05) is 18.7 Å². The third-order valence-corrected chi connectivity index (χ3v) is 5.48. The first kappa shape index (κ1) is 16.6. The van der Waals surface area contributed by atoms with Crippen LogP contribution >= 0.6 is 0 Å². The Bertz CT molecular complexity index is 659. The van der Waals surface area contributed by atoms with Gasteiger partial charge in [-0.25, -0.2) is 0 Å².